The molecule has 21 heavy (non-hydrogen) atoms. The molecule has 0 heterocycles. The van der Waals surface area contributed by atoms with Gasteiger partial charge in [-0.1, -0.05) is 45.8 Å². The number of carbonyl (C=O) groups excluding carboxylic acids is 1. The van der Waals surface area contributed by atoms with Gasteiger partial charge in [-0.3, -0.25) is 10.6 Å². The number of anilines is 1. The van der Waals surface area contributed by atoms with Crippen molar-refractivity contribution in [3.63, 3.8) is 0 Å². The predicted molar refractivity (Wildman–Crippen MR) is 88.9 cm³/mol. The fourth-order valence-corrected chi connectivity index (χ4v) is 2.53. The van der Waals surface area contributed by atoms with Crippen molar-refractivity contribution in [1.82, 2.24) is 4.90 Å². The molecular formula is C16H18BrN3O. The SMILES string of the molecule is Cc1ccc(NN)c(C(=O)N(C)Cc2ccccc2Br)c1. The third-order valence-corrected chi connectivity index (χ3v) is 4.05. The zero-order valence-corrected chi connectivity index (χ0v) is 13.6. The Kier molecular flexibility index (Phi) is 4.98. The zero-order chi connectivity index (χ0) is 15.4. The van der Waals surface area contributed by atoms with Crippen LogP contribution < -0.4 is 11.3 Å². The second-order valence-electron chi connectivity index (χ2n) is 4.95. The summed E-state index contributed by atoms with van der Waals surface area (Å²) in [5.41, 5.74) is 5.86. The smallest absolute Gasteiger partial charge is 0.256 e. The number of carbonyl (C=O) groups is 1. The van der Waals surface area contributed by atoms with Crippen LogP contribution in [0.2, 0.25) is 0 Å². The van der Waals surface area contributed by atoms with Crippen LogP contribution in [-0.2, 0) is 6.54 Å². The van der Waals surface area contributed by atoms with Crippen LogP contribution in [0.25, 0.3) is 0 Å². The summed E-state index contributed by atoms with van der Waals surface area (Å²) in [4.78, 5) is 14.3. The van der Waals surface area contributed by atoms with Gasteiger partial charge in [0.25, 0.3) is 5.91 Å². The van der Waals surface area contributed by atoms with Crippen molar-refractivity contribution in [3.05, 3.63) is 63.6 Å². The van der Waals surface area contributed by atoms with Gasteiger partial charge in [0.15, 0.2) is 0 Å². The van der Waals surface area contributed by atoms with E-state index in [-0.39, 0.29) is 5.91 Å². The lowest BCUT2D eigenvalue weighted by atomic mass is 10.1. The first-order valence-corrected chi connectivity index (χ1v) is 7.38. The average Bonchev–Trinajstić information content (AvgIpc) is 2.48. The van der Waals surface area contributed by atoms with Gasteiger partial charge in [-0.2, -0.15) is 0 Å². The number of nitrogens with zero attached hydrogens (tertiary/aromatic N) is 1. The van der Waals surface area contributed by atoms with Gasteiger partial charge in [-0.15, -0.1) is 0 Å². The first-order valence-electron chi connectivity index (χ1n) is 6.59. The van der Waals surface area contributed by atoms with E-state index >= 15 is 0 Å². The maximum atomic E-state index is 12.6. The van der Waals surface area contributed by atoms with E-state index in [2.05, 4.69) is 21.4 Å². The number of aryl methyl sites for hydroxylation is 1. The Morgan fingerprint density at radius 3 is 2.67 bits per heavy atom. The highest BCUT2D eigenvalue weighted by molar-refractivity contribution is 9.10. The highest BCUT2D eigenvalue weighted by Crippen LogP contribution is 2.21. The van der Waals surface area contributed by atoms with Gasteiger partial charge in [0.05, 0.1) is 11.3 Å². The first-order chi connectivity index (χ1) is 10.0. The quantitative estimate of drug-likeness (QED) is 0.658. The standard InChI is InChI=1S/C16H18BrN3O/c1-11-7-8-15(19-18)13(9-11)16(21)20(2)10-12-5-3-4-6-14(12)17/h3-9,19H,10,18H2,1-2H3. The van der Waals surface area contributed by atoms with E-state index in [0.29, 0.717) is 17.8 Å². The molecule has 110 valence electrons. The number of rotatable bonds is 4. The number of benzene rings is 2. The van der Waals surface area contributed by atoms with Crippen LogP contribution in [0.4, 0.5) is 5.69 Å². The minimum atomic E-state index is -0.0672. The van der Waals surface area contributed by atoms with Crippen molar-refractivity contribution in [2.75, 3.05) is 12.5 Å². The molecule has 0 saturated carbocycles. The summed E-state index contributed by atoms with van der Waals surface area (Å²) in [7, 11) is 1.78. The van der Waals surface area contributed by atoms with Gasteiger partial charge in [-0.25, -0.2) is 0 Å². The van der Waals surface area contributed by atoms with E-state index in [1.807, 2.05) is 49.4 Å². The number of nitrogens with two attached hydrogens (primary N) is 1. The van der Waals surface area contributed by atoms with Gasteiger partial charge in [0, 0.05) is 18.1 Å². The molecule has 0 aromatic heterocycles. The summed E-state index contributed by atoms with van der Waals surface area (Å²) >= 11 is 3.50. The molecule has 0 atom stereocenters. The summed E-state index contributed by atoms with van der Waals surface area (Å²) < 4.78 is 0.992. The molecule has 0 unspecified atom stereocenters. The molecule has 2 aromatic carbocycles. The van der Waals surface area contributed by atoms with Crippen molar-refractivity contribution in [3.8, 4) is 0 Å². The highest BCUT2D eigenvalue weighted by Gasteiger charge is 2.16. The summed E-state index contributed by atoms with van der Waals surface area (Å²) in [6, 6.07) is 13.4. The van der Waals surface area contributed by atoms with Gasteiger partial charge >= 0.3 is 0 Å². The fourth-order valence-electron chi connectivity index (χ4n) is 2.12. The molecule has 3 N–H and O–H groups in total. The van der Waals surface area contributed by atoms with Crippen LogP contribution in [0.3, 0.4) is 0 Å². The number of amides is 1. The van der Waals surface area contributed by atoms with Crippen LogP contribution in [0.1, 0.15) is 21.5 Å². The van der Waals surface area contributed by atoms with Gasteiger partial charge in [0.1, 0.15) is 0 Å². The maximum absolute atomic E-state index is 12.6. The Hall–Kier alpha value is -1.85. The van der Waals surface area contributed by atoms with Crippen LogP contribution >= 0.6 is 15.9 Å². The summed E-state index contributed by atoms with van der Waals surface area (Å²) in [5, 5.41) is 0. The number of hydrazine groups is 1. The lowest BCUT2D eigenvalue weighted by molar-refractivity contribution is 0.0785. The van der Waals surface area contributed by atoms with Crippen molar-refractivity contribution in [2.24, 2.45) is 5.84 Å². The lowest BCUT2D eigenvalue weighted by Gasteiger charge is -2.20. The molecule has 0 aliphatic heterocycles. The Morgan fingerprint density at radius 1 is 1.29 bits per heavy atom. The fraction of sp³-hybridized carbons (Fsp3) is 0.188. The van der Waals surface area contributed by atoms with Crippen LogP contribution in [0.15, 0.2) is 46.9 Å². The minimum Gasteiger partial charge on any atom is -0.337 e. The number of halogens is 1. The second kappa shape index (κ2) is 6.74. The van der Waals surface area contributed by atoms with E-state index in [1.54, 1.807) is 11.9 Å². The van der Waals surface area contributed by atoms with E-state index in [4.69, 9.17) is 5.84 Å². The topological polar surface area (TPSA) is 58.4 Å². The van der Waals surface area contributed by atoms with Crippen LogP contribution in [0.5, 0.6) is 0 Å². The number of nitrogen functional groups attached to an aromatic ring is 1. The third kappa shape index (κ3) is 3.62. The molecule has 0 fully saturated rings. The van der Waals surface area contributed by atoms with E-state index in [9.17, 15) is 4.79 Å². The van der Waals surface area contributed by atoms with Crippen LogP contribution in [-0.4, -0.2) is 17.9 Å². The second-order valence-corrected chi connectivity index (χ2v) is 5.80. The molecule has 0 bridgehead atoms. The Morgan fingerprint density at radius 2 is 2.00 bits per heavy atom. The molecule has 0 aliphatic rings. The molecule has 0 spiro atoms. The summed E-state index contributed by atoms with van der Waals surface area (Å²) in [6.07, 6.45) is 0. The van der Waals surface area contributed by atoms with E-state index in [0.717, 1.165) is 15.6 Å². The normalized spacial score (nSPS) is 10.3. The Balaban J connectivity index is 2.24. The number of nitrogens with one attached hydrogen (secondary N) is 1. The summed E-state index contributed by atoms with van der Waals surface area (Å²) in [5.74, 6) is 5.42. The molecular weight excluding hydrogens is 330 g/mol. The van der Waals surface area contributed by atoms with Crippen LogP contribution in [0, 0.1) is 6.92 Å². The molecule has 5 heteroatoms. The molecule has 4 nitrogen and oxygen atoms in total. The van der Waals surface area contributed by atoms with E-state index in [1.165, 1.54) is 0 Å². The van der Waals surface area contributed by atoms with Crippen molar-refractivity contribution >= 4 is 27.5 Å². The summed E-state index contributed by atoms with van der Waals surface area (Å²) in [6.45, 7) is 2.48. The zero-order valence-electron chi connectivity index (χ0n) is 12.1. The van der Waals surface area contributed by atoms with Crippen molar-refractivity contribution in [1.29, 1.82) is 0 Å². The maximum Gasteiger partial charge on any atom is 0.256 e. The first kappa shape index (κ1) is 15.5. The number of hydrogen-bond acceptors (Lipinski definition) is 3. The molecule has 1 amide bonds. The Bertz CT molecular complexity index is 658. The van der Waals surface area contributed by atoms with Crippen molar-refractivity contribution in [2.45, 2.75) is 13.5 Å². The average molecular weight is 348 g/mol. The Labute approximate surface area is 133 Å². The van der Waals surface area contributed by atoms with Gasteiger partial charge < -0.3 is 10.3 Å². The molecule has 2 aromatic rings. The third-order valence-electron chi connectivity index (χ3n) is 3.27. The largest absolute Gasteiger partial charge is 0.337 e. The minimum absolute atomic E-state index is 0.0672. The van der Waals surface area contributed by atoms with Crippen molar-refractivity contribution < 1.29 is 4.79 Å². The van der Waals surface area contributed by atoms with Gasteiger partial charge in [-0.05, 0) is 30.7 Å². The lowest BCUT2D eigenvalue weighted by Crippen LogP contribution is -2.27. The monoisotopic (exact) mass is 347 g/mol. The highest BCUT2D eigenvalue weighted by atomic mass is 79.9. The predicted octanol–water partition coefficient (Wildman–Crippen LogP) is 3.32. The molecule has 0 radical (unpaired) electrons. The molecule has 0 saturated heterocycles. The molecule has 0 aliphatic carbocycles. The van der Waals surface area contributed by atoms with Gasteiger partial charge in [0.2, 0.25) is 0 Å². The molecule has 2 rings (SSSR count). The van der Waals surface area contributed by atoms with E-state index < -0.39 is 0 Å². The number of hydrogen-bond donors (Lipinski definition) is 2.